The van der Waals surface area contributed by atoms with Crippen LogP contribution in [0.3, 0.4) is 0 Å². The fraction of sp³-hybridized carbons (Fsp3) is 0.133. The van der Waals surface area contributed by atoms with Crippen LogP contribution in [0, 0.1) is 6.92 Å². The van der Waals surface area contributed by atoms with Gasteiger partial charge in [0, 0.05) is 11.1 Å². The van der Waals surface area contributed by atoms with E-state index in [2.05, 4.69) is 15.6 Å². The molecule has 0 atom stereocenters. The van der Waals surface area contributed by atoms with Crippen LogP contribution >= 0.6 is 11.6 Å². The number of hydrogen-bond acceptors (Lipinski definition) is 5. The van der Waals surface area contributed by atoms with E-state index in [9.17, 15) is 18.0 Å². The summed E-state index contributed by atoms with van der Waals surface area (Å²) in [5, 5.41) is 9.68. The van der Waals surface area contributed by atoms with Crippen LogP contribution in [0.2, 0.25) is 5.02 Å². The minimum absolute atomic E-state index is 0.0637. The lowest BCUT2D eigenvalue weighted by atomic mass is 10.3. The van der Waals surface area contributed by atoms with Crippen molar-refractivity contribution in [3.8, 4) is 11.4 Å². The number of carbonyl (C=O) groups excluding carboxylic acids is 1. The molecule has 136 valence electrons. The van der Waals surface area contributed by atoms with Crippen molar-refractivity contribution >= 4 is 23.6 Å². The average molecular weight is 387 g/mol. The van der Waals surface area contributed by atoms with E-state index in [-0.39, 0.29) is 11.6 Å². The van der Waals surface area contributed by atoms with Crippen molar-refractivity contribution in [1.82, 2.24) is 14.9 Å². The van der Waals surface area contributed by atoms with Gasteiger partial charge in [-0.1, -0.05) is 16.8 Å². The van der Waals surface area contributed by atoms with Crippen LogP contribution in [0.25, 0.3) is 5.69 Å². The van der Waals surface area contributed by atoms with Gasteiger partial charge in [0.05, 0.1) is 17.6 Å². The van der Waals surface area contributed by atoms with Gasteiger partial charge in [-0.3, -0.25) is 5.32 Å². The minimum Gasteiger partial charge on any atom is -0.406 e. The molecule has 0 bridgehead atoms. The molecule has 3 rings (SSSR count). The van der Waals surface area contributed by atoms with E-state index in [1.807, 2.05) is 0 Å². The number of ether oxygens (including phenoxy) is 1. The molecule has 0 fully saturated rings. The maximum atomic E-state index is 13.5. The first-order chi connectivity index (χ1) is 12.2. The number of nitrogens with zero attached hydrogens (tertiary/aromatic N) is 3. The number of amides is 1. The maximum Gasteiger partial charge on any atom is 0.437 e. The first-order valence-corrected chi connectivity index (χ1v) is 7.45. The summed E-state index contributed by atoms with van der Waals surface area (Å²) in [6, 6.07) is 6.91. The highest BCUT2D eigenvalue weighted by Gasteiger charge is 2.40. The monoisotopic (exact) mass is 386 g/mol. The number of benzene rings is 1. The van der Waals surface area contributed by atoms with Crippen molar-refractivity contribution in [1.29, 1.82) is 0 Å². The molecule has 0 aliphatic heterocycles. The third kappa shape index (κ3) is 3.80. The van der Waals surface area contributed by atoms with Gasteiger partial charge in [-0.15, -0.1) is 0 Å². The van der Waals surface area contributed by atoms with Crippen molar-refractivity contribution in [3.63, 3.8) is 0 Å². The molecule has 26 heavy (non-hydrogen) atoms. The predicted molar refractivity (Wildman–Crippen MR) is 84.5 cm³/mol. The molecule has 1 aromatic carbocycles. The molecule has 1 N–H and O–H groups in total. The Kier molecular flexibility index (Phi) is 4.60. The Balaban J connectivity index is 1.89. The quantitative estimate of drug-likeness (QED) is 0.719. The second-order valence-corrected chi connectivity index (χ2v) is 5.53. The van der Waals surface area contributed by atoms with Crippen LogP contribution in [-0.2, 0) is 6.18 Å². The molecule has 0 saturated heterocycles. The Hall–Kier alpha value is -3.01. The molecule has 0 radical (unpaired) electrons. The second-order valence-electron chi connectivity index (χ2n) is 5.09. The number of rotatable bonds is 3. The summed E-state index contributed by atoms with van der Waals surface area (Å²) < 4.78 is 50.5. The number of hydrogen-bond donors (Lipinski definition) is 1. The van der Waals surface area contributed by atoms with Crippen LogP contribution < -0.4 is 10.1 Å². The molecule has 2 aromatic heterocycles. The van der Waals surface area contributed by atoms with E-state index < -0.39 is 23.7 Å². The maximum absolute atomic E-state index is 13.5. The normalized spacial score (nSPS) is 11.4. The number of aromatic nitrogens is 3. The average Bonchev–Trinajstić information content (AvgIpc) is 3.14. The lowest BCUT2D eigenvalue weighted by Gasteiger charge is -2.12. The summed E-state index contributed by atoms with van der Waals surface area (Å²) >= 11 is 5.74. The van der Waals surface area contributed by atoms with Crippen molar-refractivity contribution in [3.05, 3.63) is 52.9 Å². The van der Waals surface area contributed by atoms with Gasteiger partial charge in [0.2, 0.25) is 5.88 Å². The molecular formula is C15H10ClF3N4O3. The van der Waals surface area contributed by atoms with Gasteiger partial charge >= 0.3 is 12.3 Å². The van der Waals surface area contributed by atoms with Crippen LogP contribution in [0.15, 0.2) is 41.1 Å². The van der Waals surface area contributed by atoms with Crippen molar-refractivity contribution in [2.24, 2.45) is 0 Å². The molecule has 0 spiro atoms. The molecule has 0 aliphatic carbocycles. The van der Waals surface area contributed by atoms with Gasteiger partial charge in [-0.05, 0) is 31.2 Å². The number of carbonyl (C=O) groups is 1. The van der Waals surface area contributed by atoms with Crippen LogP contribution in [0.1, 0.15) is 11.4 Å². The van der Waals surface area contributed by atoms with E-state index in [0.29, 0.717) is 15.4 Å². The first kappa shape index (κ1) is 17.8. The van der Waals surface area contributed by atoms with Gasteiger partial charge < -0.3 is 9.26 Å². The predicted octanol–water partition coefficient (Wildman–Crippen LogP) is 4.45. The fourth-order valence-electron chi connectivity index (χ4n) is 2.09. The van der Waals surface area contributed by atoms with Gasteiger partial charge in [0.15, 0.2) is 11.4 Å². The molecule has 7 nitrogen and oxygen atoms in total. The van der Waals surface area contributed by atoms with E-state index in [1.165, 1.54) is 30.3 Å². The number of aryl methyl sites for hydroxylation is 1. The molecule has 2 heterocycles. The minimum atomic E-state index is -4.82. The van der Waals surface area contributed by atoms with Crippen LogP contribution in [0.4, 0.5) is 23.8 Å². The zero-order chi connectivity index (χ0) is 18.9. The Morgan fingerprint density at radius 1 is 1.31 bits per heavy atom. The molecule has 0 aliphatic rings. The SMILES string of the molecule is Cc1cc(NC(=O)Oc2cnn(-c3ccc(Cl)cc3)c2C(F)(F)F)on1. The molecule has 3 aromatic rings. The summed E-state index contributed by atoms with van der Waals surface area (Å²) in [4.78, 5) is 11.8. The van der Waals surface area contributed by atoms with Gasteiger partial charge in [0.1, 0.15) is 0 Å². The van der Waals surface area contributed by atoms with Crippen LogP contribution in [0.5, 0.6) is 5.75 Å². The van der Waals surface area contributed by atoms with E-state index in [1.54, 1.807) is 6.92 Å². The van der Waals surface area contributed by atoms with Gasteiger partial charge in [-0.2, -0.15) is 18.3 Å². The molecule has 0 unspecified atom stereocenters. The standard InChI is InChI=1S/C15H10ClF3N4O3/c1-8-6-12(26-22-8)21-14(24)25-11-7-20-23(13(11)15(17,18)19)10-4-2-9(16)3-5-10/h2-7H,1H3,(H,21,24). The van der Waals surface area contributed by atoms with E-state index in [0.717, 1.165) is 6.20 Å². The summed E-state index contributed by atoms with van der Waals surface area (Å²) in [5.74, 6) is -0.827. The Morgan fingerprint density at radius 3 is 2.58 bits per heavy atom. The third-order valence-electron chi connectivity index (χ3n) is 3.13. The van der Waals surface area contributed by atoms with Gasteiger partial charge in [-0.25, -0.2) is 9.48 Å². The Labute approximate surface area is 149 Å². The highest BCUT2D eigenvalue weighted by atomic mass is 35.5. The van der Waals surface area contributed by atoms with Gasteiger partial charge in [0.25, 0.3) is 0 Å². The highest BCUT2D eigenvalue weighted by molar-refractivity contribution is 6.30. The number of halogens is 4. The summed E-state index contributed by atoms with van der Waals surface area (Å²) in [7, 11) is 0. The van der Waals surface area contributed by atoms with E-state index in [4.69, 9.17) is 20.9 Å². The summed E-state index contributed by atoms with van der Waals surface area (Å²) in [6.07, 6.45) is -5.21. The highest BCUT2D eigenvalue weighted by Crippen LogP contribution is 2.37. The van der Waals surface area contributed by atoms with Crippen molar-refractivity contribution in [2.45, 2.75) is 13.1 Å². The molecular weight excluding hydrogens is 377 g/mol. The fourth-order valence-corrected chi connectivity index (χ4v) is 2.22. The number of anilines is 1. The molecule has 11 heteroatoms. The number of alkyl halides is 3. The zero-order valence-electron chi connectivity index (χ0n) is 13.0. The molecule has 1 amide bonds. The lowest BCUT2D eigenvalue weighted by Crippen LogP contribution is -2.20. The first-order valence-electron chi connectivity index (χ1n) is 7.07. The van der Waals surface area contributed by atoms with E-state index >= 15 is 0 Å². The van der Waals surface area contributed by atoms with Crippen LogP contribution in [-0.4, -0.2) is 21.0 Å². The smallest absolute Gasteiger partial charge is 0.406 e. The summed E-state index contributed by atoms with van der Waals surface area (Å²) in [6.45, 7) is 1.61. The summed E-state index contributed by atoms with van der Waals surface area (Å²) in [5.41, 5.74) is -0.668. The zero-order valence-corrected chi connectivity index (χ0v) is 13.8. The van der Waals surface area contributed by atoms with Crippen molar-refractivity contribution < 1.29 is 27.2 Å². The second kappa shape index (κ2) is 6.71. The third-order valence-corrected chi connectivity index (χ3v) is 3.38. The number of nitrogens with one attached hydrogen (secondary N) is 1. The Bertz CT molecular complexity index is 935. The Morgan fingerprint density at radius 2 is 2.00 bits per heavy atom. The molecule has 0 saturated carbocycles. The van der Waals surface area contributed by atoms with Crippen molar-refractivity contribution in [2.75, 3.05) is 5.32 Å². The lowest BCUT2D eigenvalue weighted by molar-refractivity contribution is -0.143. The largest absolute Gasteiger partial charge is 0.437 e. The topological polar surface area (TPSA) is 82.2 Å².